The van der Waals surface area contributed by atoms with E-state index in [4.69, 9.17) is 0 Å². The number of anilines is 2. The van der Waals surface area contributed by atoms with Crippen molar-refractivity contribution in [3.8, 4) is 5.69 Å². The molecule has 0 radical (unpaired) electrons. The molecular weight excluding hydrogens is 314 g/mol. The van der Waals surface area contributed by atoms with Gasteiger partial charge in [0.15, 0.2) is 0 Å². The normalized spacial score (nSPS) is 13.8. The van der Waals surface area contributed by atoms with Gasteiger partial charge in [-0.25, -0.2) is 9.97 Å². The molecule has 0 bridgehead atoms. The molecule has 0 unspecified atom stereocenters. The topological polar surface area (TPSA) is 63.1 Å². The van der Waals surface area contributed by atoms with E-state index < -0.39 is 0 Å². The van der Waals surface area contributed by atoms with Crippen LogP contribution in [0.3, 0.4) is 0 Å². The molecule has 0 aliphatic carbocycles. The number of carbonyl (C=O) groups is 1. The monoisotopic (exact) mass is 333 g/mol. The fourth-order valence-electron chi connectivity index (χ4n) is 3.01. The highest BCUT2D eigenvalue weighted by molar-refractivity contribution is 6.03. The second-order valence-electron chi connectivity index (χ2n) is 6.05. The number of hydrogen-bond donors (Lipinski definition) is 1. The van der Waals surface area contributed by atoms with Crippen molar-refractivity contribution in [3.05, 3.63) is 66.7 Å². The van der Waals surface area contributed by atoms with Crippen LogP contribution < -0.4 is 10.2 Å². The van der Waals surface area contributed by atoms with E-state index in [1.165, 1.54) is 19.2 Å². The van der Waals surface area contributed by atoms with Gasteiger partial charge in [-0.15, -0.1) is 0 Å². The molecule has 3 aromatic rings. The van der Waals surface area contributed by atoms with Gasteiger partial charge in [0.2, 0.25) is 0 Å². The molecule has 126 valence electrons. The minimum absolute atomic E-state index is 0.176. The lowest BCUT2D eigenvalue weighted by atomic mass is 10.2. The molecule has 1 saturated heterocycles. The van der Waals surface area contributed by atoms with Crippen molar-refractivity contribution in [1.82, 2.24) is 14.5 Å². The third kappa shape index (κ3) is 3.38. The Morgan fingerprint density at radius 2 is 1.72 bits per heavy atom. The standard InChI is InChI=1S/C19H19N5O/c25-19(15-5-7-16(8-6-15)23-9-1-2-10-23)22-17-13-18(21-14-20-17)24-11-3-4-12-24/h1-2,5-10,13-14H,3-4,11-12H2,(H,20,21,22,25). The van der Waals surface area contributed by atoms with E-state index >= 15 is 0 Å². The highest BCUT2D eigenvalue weighted by Crippen LogP contribution is 2.19. The first-order valence-electron chi connectivity index (χ1n) is 8.41. The largest absolute Gasteiger partial charge is 0.356 e. The molecular formula is C19H19N5O. The van der Waals surface area contributed by atoms with E-state index in [0.717, 1.165) is 24.6 Å². The predicted octanol–water partition coefficient (Wildman–Crippen LogP) is 3.12. The van der Waals surface area contributed by atoms with Crippen LogP contribution in [0, 0.1) is 0 Å². The fourth-order valence-corrected chi connectivity index (χ4v) is 3.01. The molecule has 6 nitrogen and oxygen atoms in total. The number of rotatable bonds is 4. The van der Waals surface area contributed by atoms with Gasteiger partial charge in [0.05, 0.1) is 0 Å². The highest BCUT2D eigenvalue weighted by Gasteiger charge is 2.15. The number of nitrogens with one attached hydrogen (secondary N) is 1. The number of hydrogen-bond acceptors (Lipinski definition) is 4. The smallest absolute Gasteiger partial charge is 0.256 e. The summed E-state index contributed by atoms with van der Waals surface area (Å²) < 4.78 is 1.99. The van der Waals surface area contributed by atoms with Crippen LogP contribution in [-0.4, -0.2) is 33.5 Å². The molecule has 1 fully saturated rings. The summed E-state index contributed by atoms with van der Waals surface area (Å²) in [6.07, 6.45) is 7.79. The van der Waals surface area contributed by atoms with Crippen LogP contribution in [0.1, 0.15) is 23.2 Å². The number of nitrogens with zero attached hydrogens (tertiary/aromatic N) is 4. The summed E-state index contributed by atoms with van der Waals surface area (Å²) in [4.78, 5) is 23.1. The first kappa shape index (κ1) is 15.4. The molecule has 0 atom stereocenters. The average Bonchev–Trinajstić information content (AvgIpc) is 3.36. The fraction of sp³-hybridized carbons (Fsp3) is 0.211. The van der Waals surface area contributed by atoms with E-state index in [0.29, 0.717) is 11.4 Å². The first-order valence-corrected chi connectivity index (χ1v) is 8.41. The number of amides is 1. The van der Waals surface area contributed by atoms with Gasteiger partial charge in [-0.05, 0) is 49.2 Å². The Kier molecular flexibility index (Phi) is 4.16. The third-order valence-corrected chi connectivity index (χ3v) is 4.36. The summed E-state index contributed by atoms with van der Waals surface area (Å²) in [6.45, 7) is 2.01. The Bertz CT molecular complexity index is 852. The minimum Gasteiger partial charge on any atom is -0.356 e. The Morgan fingerprint density at radius 1 is 1.00 bits per heavy atom. The average molecular weight is 333 g/mol. The van der Waals surface area contributed by atoms with E-state index in [1.807, 2.05) is 59.4 Å². The van der Waals surface area contributed by atoms with Crippen LogP contribution in [-0.2, 0) is 0 Å². The van der Waals surface area contributed by atoms with Crippen LogP contribution in [0.4, 0.5) is 11.6 Å². The highest BCUT2D eigenvalue weighted by atomic mass is 16.1. The second kappa shape index (κ2) is 6.76. The maximum atomic E-state index is 12.5. The summed E-state index contributed by atoms with van der Waals surface area (Å²) >= 11 is 0. The Balaban J connectivity index is 1.47. The van der Waals surface area contributed by atoms with Gasteiger partial charge in [-0.3, -0.25) is 4.79 Å². The molecule has 1 amide bonds. The zero-order valence-corrected chi connectivity index (χ0v) is 13.8. The maximum absolute atomic E-state index is 12.5. The van der Waals surface area contributed by atoms with Crippen molar-refractivity contribution in [1.29, 1.82) is 0 Å². The number of carbonyl (C=O) groups excluding carboxylic acids is 1. The molecule has 3 heterocycles. The van der Waals surface area contributed by atoms with Crippen LogP contribution in [0.25, 0.3) is 5.69 Å². The number of benzene rings is 1. The van der Waals surface area contributed by atoms with Crippen molar-refractivity contribution < 1.29 is 4.79 Å². The van der Waals surface area contributed by atoms with Gasteiger partial charge < -0.3 is 14.8 Å². The van der Waals surface area contributed by atoms with E-state index in [-0.39, 0.29) is 5.91 Å². The minimum atomic E-state index is -0.176. The molecule has 2 aromatic heterocycles. The maximum Gasteiger partial charge on any atom is 0.256 e. The predicted molar refractivity (Wildman–Crippen MR) is 97.2 cm³/mol. The molecule has 1 aliphatic rings. The quantitative estimate of drug-likeness (QED) is 0.797. The molecule has 0 spiro atoms. The lowest BCUT2D eigenvalue weighted by Gasteiger charge is -2.16. The van der Waals surface area contributed by atoms with Crippen molar-refractivity contribution >= 4 is 17.5 Å². The van der Waals surface area contributed by atoms with Gasteiger partial charge in [0, 0.05) is 42.8 Å². The summed E-state index contributed by atoms with van der Waals surface area (Å²) in [6, 6.07) is 13.2. The third-order valence-electron chi connectivity index (χ3n) is 4.36. The van der Waals surface area contributed by atoms with Crippen LogP contribution in [0.2, 0.25) is 0 Å². The van der Waals surface area contributed by atoms with Crippen LogP contribution in [0.5, 0.6) is 0 Å². The summed E-state index contributed by atoms with van der Waals surface area (Å²) in [5.74, 6) is 1.22. The number of aromatic nitrogens is 3. The molecule has 1 N–H and O–H groups in total. The lowest BCUT2D eigenvalue weighted by molar-refractivity contribution is 0.102. The Labute approximate surface area is 146 Å². The van der Waals surface area contributed by atoms with Gasteiger partial charge in [0.25, 0.3) is 5.91 Å². The summed E-state index contributed by atoms with van der Waals surface area (Å²) in [5, 5.41) is 2.85. The van der Waals surface area contributed by atoms with Crippen molar-refractivity contribution in [2.24, 2.45) is 0 Å². The second-order valence-corrected chi connectivity index (χ2v) is 6.05. The molecule has 1 aromatic carbocycles. The van der Waals surface area contributed by atoms with Gasteiger partial charge >= 0.3 is 0 Å². The molecule has 1 aliphatic heterocycles. The van der Waals surface area contributed by atoms with E-state index in [9.17, 15) is 4.79 Å². The SMILES string of the molecule is O=C(Nc1cc(N2CCCC2)ncn1)c1ccc(-n2cccc2)cc1. The summed E-state index contributed by atoms with van der Waals surface area (Å²) in [7, 11) is 0. The first-order chi connectivity index (χ1) is 12.3. The Morgan fingerprint density at radius 3 is 2.44 bits per heavy atom. The molecule has 6 heteroatoms. The van der Waals surface area contributed by atoms with Crippen molar-refractivity contribution in [2.75, 3.05) is 23.3 Å². The molecule has 0 saturated carbocycles. The van der Waals surface area contributed by atoms with Crippen molar-refractivity contribution in [3.63, 3.8) is 0 Å². The van der Waals surface area contributed by atoms with Crippen LogP contribution >= 0.6 is 0 Å². The summed E-state index contributed by atoms with van der Waals surface area (Å²) in [5.41, 5.74) is 1.61. The van der Waals surface area contributed by atoms with Crippen molar-refractivity contribution in [2.45, 2.75) is 12.8 Å². The van der Waals surface area contributed by atoms with Gasteiger partial charge in [-0.1, -0.05) is 0 Å². The van der Waals surface area contributed by atoms with Gasteiger partial charge in [-0.2, -0.15) is 0 Å². The van der Waals surface area contributed by atoms with Crippen LogP contribution in [0.15, 0.2) is 61.2 Å². The Hall–Kier alpha value is -3.15. The van der Waals surface area contributed by atoms with E-state index in [1.54, 1.807) is 0 Å². The van der Waals surface area contributed by atoms with Gasteiger partial charge in [0.1, 0.15) is 18.0 Å². The van der Waals surface area contributed by atoms with E-state index in [2.05, 4.69) is 20.2 Å². The zero-order chi connectivity index (χ0) is 17.1. The molecule has 25 heavy (non-hydrogen) atoms. The lowest BCUT2D eigenvalue weighted by Crippen LogP contribution is -2.20. The molecule has 4 rings (SSSR count). The zero-order valence-electron chi connectivity index (χ0n) is 13.8.